The van der Waals surface area contributed by atoms with Gasteiger partial charge in [0.1, 0.15) is 11.9 Å². The summed E-state index contributed by atoms with van der Waals surface area (Å²) in [4.78, 5) is 26.3. The van der Waals surface area contributed by atoms with Gasteiger partial charge in [0.2, 0.25) is 0 Å². The minimum atomic E-state index is -0.601. The predicted octanol–water partition coefficient (Wildman–Crippen LogP) is 1.78. The third-order valence-electron chi connectivity index (χ3n) is 1.74. The minimum absolute atomic E-state index is 0.389. The first kappa shape index (κ1) is 13.6. The molecule has 0 aromatic carbocycles. The Morgan fingerprint density at radius 3 is 2.82 bits per heavy atom. The van der Waals surface area contributed by atoms with Crippen LogP contribution in [-0.4, -0.2) is 29.0 Å². The van der Waals surface area contributed by atoms with Crippen molar-refractivity contribution in [3.05, 3.63) is 16.6 Å². The SMILES string of the molecule is CC(C)(C)OC(=O)NC(C=O)Cc1nccs1. The van der Waals surface area contributed by atoms with Crippen LogP contribution in [0.2, 0.25) is 0 Å². The maximum Gasteiger partial charge on any atom is 0.408 e. The molecule has 0 saturated heterocycles. The fourth-order valence-corrected chi connectivity index (χ4v) is 1.81. The molecule has 0 saturated carbocycles. The lowest BCUT2D eigenvalue weighted by Gasteiger charge is -2.21. The summed E-state index contributed by atoms with van der Waals surface area (Å²) in [6, 6.07) is -0.601. The number of rotatable bonds is 4. The van der Waals surface area contributed by atoms with Gasteiger partial charge in [0.25, 0.3) is 0 Å². The number of ether oxygens (including phenoxy) is 1. The Morgan fingerprint density at radius 2 is 2.35 bits per heavy atom. The van der Waals surface area contributed by atoms with Gasteiger partial charge in [-0.05, 0) is 20.8 Å². The van der Waals surface area contributed by atoms with Crippen LogP contribution in [0.4, 0.5) is 4.79 Å². The summed E-state index contributed by atoms with van der Waals surface area (Å²) < 4.78 is 5.06. The number of aldehydes is 1. The smallest absolute Gasteiger partial charge is 0.408 e. The molecular formula is C11H16N2O3S. The first-order valence-electron chi connectivity index (χ1n) is 5.24. The lowest BCUT2D eigenvalue weighted by atomic mass is 10.2. The van der Waals surface area contributed by atoms with E-state index in [2.05, 4.69) is 10.3 Å². The van der Waals surface area contributed by atoms with Crippen LogP contribution in [0.1, 0.15) is 25.8 Å². The molecule has 1 N–H and O–H groups in total. The third kappa shape index (κ3) is 5.44. The molecule has 0 spiro atoms. The summed E-state index contributed by atoms with van der Waals surface area (Å²) in [5, 5.41) is 5.13. The average molecular weight is 256 g/mol. The molecule has 1 unspecified atom stereocenters. The van der Waals surface area contributed by atoms with Crippen molar-refractivity contribution < 1.29 is 14.3 Å². The Morgan fingerprint density at radius 1 is 1.65 bits per heavy atom. The van der Waals surface area contributed by atoms with Crippen LogP contribution in [0.15, 0.2) is 11.6 Å². The van der Waals surface area contributed by atoms with E-state index in [9.17, 15) is 9.59 Å². The third-order valence-corrected chi connectivity index (χ3v) is 2.55. The Labute approximate surface area is 104 Å². The van der Waals surface area contributed by atoms with E-state index < -0.39 is 17.7 Å². The van der Waals surface area contributed by atoms with Gasteiger partial charge in [-0.3, -0.25) is 0 Å². The van der Waals surface area contributed by atoms with Gasteiger partial charge in [0, 0.05) is 18.0 Å². The van der Waals surface area contributed by atoms with Crippen LogP contribution >= 0.6 is 11.3 Å². The average Bonchev–Trinajstić information content (AvgIpc) is 2.66. The Bertz CT molecular complexity index is 371. The van der Waals surface area contributed by atoms with Crippen molar-refractivity contribution in [2.24, 2.45) is 0 Å². The van der Waals surface area contributed by atoms with Crippen LogP contribution < -0.4 is 5.32 Å². The second-order valence-electron chi connectivity index (χ2n) is 4.52. The van der Waals surface area contributed by atoms with Gasteiger partial charge in [-0.25, -0.2) is 9.78 Å². The number of amides is 1. The van der Waals surface area contributed by atoms with E-state index in [0.717, 1.165) is 5.01 Å². The molecule has 1 aromatic heterocycles. The molecule has 94 valence electrons. The molecule has 1 atom stereocenters. The molecule has 17 heavy (non-hydrogen) atoms. The molecule has 1 heterocycles. The second kappa shape index (κ2) is 5.77. The summed E-state index contributed by atoms with van der Waals surface area (Å²) in [7, 11) is 0. The number of thiazole rings is 1. The number of nitrogens with zero attached hydrogens (tertiary/aromatic N) is 1. The number of nitrogens with one attached hydrogen (secondary N) is 1. The van der Waals surface area contributed by atoms with Crippen LogP contribution in [0.5, 0.6) is 0 Å². The van der Waals surface area contributed by atoms with E-state index >= 15 is 0 Å². The molecule has 0 aliphatic carbocycles. The van der Waals surface area contributed by atoms with E-state index in [1.165, 1.54) is 11.3 Å². The van der Waals surface area contributed by atoms with Crippen LogP contribution in [0.25, 0.3) is 0 Å². The maximum absolute atomic E-state index is 11.4. The highest BCUT2D eigenvalue weighted by Gasteiger charge is 2.19. The predicted molar refractivity (Wildman–Crippen MR) is 65.0 cm³/mol. The number of alkyl carbamates (subject to hydrolysis) is 1. The summed E-state index contributed by atoms with van der Waals surface area (Å²) in [5.41, 5.74) is -0.571. The number of hydrogen-bond donors (Lipinski definition) is 1. The van der Waals surface area contributed by atoms with E-state index in [1.807, 2.05) is 5.38 Å². The Hall–Kier alpha value is -1.43. The highest BCUT2D eigenvalue weighted by atomic mass is 32.1. The first-order valence-corrected chi connectivity index (χ1v) is 6.12. The number of carbonyl (C=O) groups is 2. The van der Waals surface area contributed by atoms with Gasteiger partial charge in [-0.2, -0.15) is 0 Å². The van der Waals surface area contributed by atoms with Gasteiger partial charge >= 0.3 is 6.09 Å². The fourth-order valence-electron chi connectivity index (χ4n) is 1.13. The molecule has 1 aromatic rings. The topological polar surface area (TPSA) is 68.3 Å². The van der Waals surface area contributed by atoms with Gasteiger partial charge in [0.15, 0.2) is 0 Å². The van der Waals surface area contributed by atoms with Crippen LogP contribution in [0, 0.1) is 0 Å². The van der Waals surface area contributed by atoms with Crippen molar-refractivity contribution in [1.82, 2.24) is 10.3 Å². The summed E-state index contributed by atoms with van der Waals surface area (Å²) in [6.07, 6.45) is 2.15. The quantitative estimate of drug-likeness (QED) is 0.834. The zero-order valence-electron chi connectivity index (χ0n) is 10.1. The van der Waals surface area contributed by atoms with Crippen molar-refractivity contribution in [3.63, 3.8) is 0 Å². The highest BCUT2D eigenvalue weighted by molar-refractivity contribution is 7.09. The monoisotopic (exact) mass is 256 g/mol. The zero-order chi connectivity index (χ0) is 12.9. The summed E-state index contributed by atoms with van der Waals surface area (Å²) in [5.74, 6) is 0. The normalized spacial score (nSPS) is 12.9. The molecule has 0 radical (unpaired) electrons. The molecule has 1 rings (SSSR count). The van der Waals surface area contributed by atoms with E-state index in [4.69, 9.17) is 4.74 Å². The van der Waals surface area contributed by atoms with Gasteiger partial charge < -0.3 is 14.8 Å². The number of carbonyl (C=O) groups excluding carboxylic acids is 2. The van der Waals surface area contributed by atoms with Crippen molar-refractivity contribution in [1.29, 1.82) is 0 Å². The lowest BCUT2D eigenvalue weighted by Crippen LogP contribution is -2.41. The van der Waals surface area contributed by atoms with Crippen LogP contribution in [0.3, 0.4) is 0 Å². The molecule has 0 aliphatic heterocycles. The highest BCUT2D eigenvalue weighted by Crippen LogP contribution is 2.09. The van der Waals surface area contributed by atoms with E-state index in [1.54, 1.807) is 27.0 Å². The van der Waals surface area contributed by atoms with E-state index in [-0.39, 0.29) is 0 Å². The molecule has 0 fully saturated rings. The van der Waals surface area contributed by atoms with Crippen molar-refractivity contribution in [3.8, 4) is 0 Å². The van der Waals surface area contributed by atoms with Gasteiger partial charge in [-0.1, -0.05) is 0 Å². The van der Waals surface area contributed by atoms with Gasteiger partial charge in [0.05, 0.1) is 11.0 Å². The van der Waals surface area contributed by atoms with Crippen LogP contribution in [-0.2, 0) is 16.0 Å². The standard InChI is InChI=1S/C11H16N2O3S/c1-11(2,3)16-10(15)13-8(7-14)6-9-12-4-5-17-9/h4-5,7-8H,6H2,1-3H3,(H,13,15). The largest absolute Gasteiger partial charge is 0.444 e. The molecule has 0 bridgehead atoms. The Balaban J connectivity index is 2.47. The lowest BCUT2D eigenvalue weighted by molar-refractivity contribution is -0.109. The van der Waals surface area contributed by atoms with E-state index in [0.29, 0.717) is 12.7 Å². The molecule has 5 nitrogen and oxygen atoms in total. The Kier molecular flexibility index (Phi) is 4.62. The molecule has 0 aliphatic rings. The molecular weight excluding hydrogens is 240 g/mol. The zero-order valence-corrected chi connectivity index (χ0v) is 10.9. The van der Waals surface area contributed by atoms with Crippen molar-refractivity contribution in [2.45, 2.75) is 38.8 Å². The maximum atomic E-state index is 11.4. The second-order valence-corrected chi connectivity index (χ2v) is 5.50. The van der Waals surface area contributed by atoms with Crippen molar-refractivity contribution >= 4 is 23.7 Å². The summed E-state index contributed by atoms with van der Waals surface area (Å²) >= 11 is 1.44. The number of hydrogen-bond acceptors (Lipinski definition) is 5. The summed E-state index contributed by atoms with van der Waals surface area (Å²) in [6.45, 7) is 5.30. The minimum Gasteiger partial charge on any atom is -0.444 e. The molecule has 6 heteroatoms. The number of aromatic nitrogens is 1. The molecule has 1 amide bonds. The first-order chi connectivity index (χ1) is 7.90. The van der Waals surface area contributed by atoms with Gasteiger partial charge in [-0.15, -0.1) is 11.3 Å². The fraction of sp³-hybridized carbons (Fsp3) is 0.545. The van der Waals surface area contributed by atoms with Crippen molar-refractivity contribution in [2.75, 3.05) is 0 Å².